The molecule has 0 spiro atoms. The second kappa shape index (κ2) is 6.26. The van der Waals surface area contributed by atoms with Crippen LogP contribution in [0.25, 0.3) is 10.9 Å². The smallest absolute Gasteiger partial charge is 0.0459 e. The topological polar surface area (TPSA) is 41.8 Å². The zero-order valence-corrected chi connectivity index (χ0v) is 12.2. The van der Waals surface area contributed by atoms with E-state index in [4.69, 9.17) is 5.73 Å². The van der Waals surface area contributed by atoms with E-state index >= 15 is 0 Å². The number of halogens is 1. The molecule has 100 valence electrons. The molecule has 0 amide bonds. The Kier molecular flexibility index (Phi) is 5.24. The van der Waals surface area contributed by atoms with E-state index in [-0.39, 0.29) is 18.4 Å². The Hall–Kier alpha value is -0.990. The van der Waals surface area contributed by atoms with Crippen LogP contribution in [0.15, 0.2) is 24.3 Å². The quantitative estimate of drug-likeness (QED) is 0.850. The van der Waals surface area contributed by atoms with Crippen LogP contribution in [0.3, 0.4) is 0 Å². The number of nitrogens with one attached hydrogen (secondary N) is 1. The first-order chi connectivity index (χ1) is 8.09. The third kappa shape index (κ3) is 3.06. The fourth-order valence-corrected chi connectivity index (χ4v) is 2.43. The number of hydrogen-bond donors (Lipinski definition) is 2. The molecular formula is C15H23ClN2. The van der Waals surface area contributed by atoms with Crippen molar-refractivity contribution in [1.29, 1.82) is 0 Å². The maximum Gasteiger partial charge on any atom is 0.0459 e. The molecule has 1 atom stereocenters. The highest BCUT2D eigenvalue weighted by molar-refractivity contribution is 5.85. The standard InChI is InChI=1S/C15H22N2.ClH/c1-10(2)8-9-13(16)15-11(3)17-14-7-5-4-6-12(14)15;/h4-7,10,13,17H,8-9,16H2,1-3H3;1H/t13-;/m1./s1. The number of aromatic nitrogens is 1. The van der Waals surface area contributed by atoms with Crippen molar-refractivity contribution >= 4 is 23.3 Å². The zero-order chi connectivity index (χ0) is 12.4. The molecule has 0 saturated heterocycles. The molecule has 0 bridgehead atoms. The molecule has 3 heteroatoms. The number of rotatable bonds is 4. The average Bonchev–Trinajstić information content (AvgIpc) is 2.61. The predicted octanol–water partition coefficient (Wildman–Crippen LogP) is 4.33. The molecule has 0 saturated carbocycles. The molecule has 0 aliphatic heterocycles. The highest BCUT2D eigenvalue weighted by Gasteiger charge is 2.15. The minimum absolute atomic E-state index is 0. The fourth-order valence-electron chi connectivity index (χ4n) is 2.43. The van der Waals surface area contributed by atoms with Gasteiger partial charge in [0.15, 0.2) is 0 Å². The van der Waals surface area contributed by atoms with Crippen molar-refractivity contribution in [3.8, 4) is 0 Å². The Morgan fingerprint density at radius 3 is 2.50 bits per heavy atom. The second-order valence-electron chi connectivity index (χ2n) is 5.29. The molecule has 2 rings (SSSR count). The summed E-state index contributed by atoms with van der Waals surface area (Å²) in [5.74, 6) is 0.714. The minimum atomic E-state index is 0. The molecule has 3 N–H and O–H groups in total. The van der Waals surface area contributed by atoms with Crippen molar-refractivity contribution < 1.29 is 0 Å². The Morgan fingerprint density at radius 1 is 1.17 bits per heavy atom. The maximum atomic E-state index is 6.33. The largest absolute Gasteiger partial charge is 0.358 e. The van der Waals surface area contributed by atoms with Gasteiger partial charge >= 0.3 is 0 Å². The van der Waals surface area contributed by atoms with Crippen LogP contribution >= 0.6 is 12.4 Å². The summed E-state index contributed by atoms with van der Waals surface area (Å²) >= 11 is 0. The zero-order valence-electron chi connectivity index (χ0n) is 11.4. The first-order valence-corrected chi connectivity index (χ1v) is 6.42. The van der Waals surface area contributed by atoms with E-state index in [1.54, 1.807) is 0 Å². The Balaban J connectivity index is 0.00000162. The average molecular weight is 267 g/mol. The van der Waals surface area contributed by atoms with Crippen LogP contribution in [0, 0.1) is 12.8 Å². The summed E-state index contributed by atoms with van der Waals surface area (Å²) < 4.78 is 0. The highest BCUT2D eigenvalue weighted by Crippen LogP contribution is 2.29. The number of aryl methyl sites for hydroxylation is 1. The fraction of sp³-hybridized carbons (Fsp3) is 0.467. The minimum Gasteiger partial charge on any atom is -0.358 e. The highest BCUT2D eigenvalue weighted by atomic mass is 35.5. The molecule has 0 fully saturated rings. The van der Waals surface area contributed by atoms with Crippen molar-refractivity contribution in [2.45, 2.75) is 39.7 Å². The number of H-pyrrole nitrogens is 1. The molecule has 1 aromatic heterocycles. The third-order valence-corrected chi connectivity index (χ3v) is 3.37. The van der Waals surface area contributed by atoms with E-state index in [1.165, 1.54) is 28.6 Å². The molecule has 0 aliphatic carbocycles. The molecule has 18 heavy (non-hydrogen) atoms. The lowest BCUT2D eigenvalue weighted by Crippen LogP contribution is -2.12. The van der Waals surface area contributed by atoms with Gasteiger partial charge in [0.1, 0.15) is 0 Å². The van der Waals surface area contributed by atoms with Gasteiger partial charge in [-0.05, 0) is 37.3 Å². The van der Waals surface area contributed by atoms with Gasteiger partial charge in [-0.3, -0.25) is 0 Å². The van der Waals surface area contributed by atoms with Crippen LogP contribution in [0.4, 0.5) is 0 Å². The monoisotopic (exact) mass is 266 g/mol. The normalized spacial score (nSPS) is 12.7. The van der Waals surface area contributed by atoms with E-state index < -0.39 is 0 Å². The van der Waals surface area contributed by atoms with Gasteiger partial charge in [-0.1, -0.05) is 32.0 Å². The molecule has 1 heterocycles. The molecule has 0 unspecified atom stereocenters. The van der Waals surface area contributed by atoms with E-state index in [2.05, 4.69) is 50.0 Å². The number of benzene rings is 1. The Bertz CT molecular complexity index is 502. The van der Waals surface area contributed by atoms with Crippen LogP contribution in [-0.4, -0.2) is 4.98 Å². The van der Waals surface area contributed by atoms with Crippen molar-refractivity contribution in [2.24, 2.45) is 11.7 Å². The lowest BCUT2D eigenvalue weighted by molar-refractivity contribution is 0.507. The molecule has 2 aromatic rings. The number of aromatic amines is 1. The third-order valence-electron chi connectivity index (χ3n) is 3.37. The summed E-state index contributed by atoms with van der Waals surface area (Å²) in [5.41, 5.74) is 10.0. The van der Waals surface area contributed by atoms with Gasteiger partial charge in [-0.25, -0.2) is 0 Å². The molecule has 1 aromatic carbocycles. The van der Waals surface area contributed by atoms with E-state index in [9.17, 15) is 0 Å². The number of hydrogen-bond acceptors (Lipinski definition) is 1. The van der Waals surface area contributed by atoms with Gasteiger partial charge in [-0.2, -0.15) is 0 Å². The first-order valence-electron chi connectivity index (χ1n) is 6.42. The van der Waals surface area contributed by atoms with Crippen molar-refractivity contribution in [2.75, 3.05) is 0 Å². The summed E-state index contributed by atoms with van der Waals surface area (Å²) in [4.78, 5) is 3.42. The summed E-state index contributed by atoms with van der Waals surface area (Å²) in [6.45, 7) is 6.61. The summed E-state index contributed by atoms with van der Waals surface area (Å²) in [5, 5.41) is 1.28. The van der Waals surface area contributed by atoms with Crippen LogP contribution in [0.5, 0.6) is 0 Å². The number of para-hydroxylation sites is 1. The van der Waals surface area contributed by atoms with Crippen LogP contribution in [0.2, 0.25) is 0 Å². The summed E-state index contributed by atoms with van der Waals surface area (Å²) in [6, 6.07) is 8.55. The Labute approximate surface area is 115 Å². The van der Waals surface area contributed by atoms with Gasteiger partial charge in [-0.15, -0.1) is 12.4 Å². The van der Waals surface area contributed by atoms with Gasteiger partial charge in [0.05, 0.1) is 0 Å². The second-order valence-corrected chi connectivity index (χ2v) is 5.29. The van der Waals surface area contributed by atoms with Gasteiger partial charge in [0.25, 0.3) is 0 Å². The molecule has 0 radical (unpaired) electrons. The Morgan fingerprint density at radius 2 is 1.83 bits per heavy atom. The van der Waals surface area contributed by atoms with Gasteiger partial charge in [0.2, 0.25) is 0 Å². The lowest BCUT2D eigenvalue weighted by Gasteiger charge is -2.13. The number of fused-ring (bicyclic) bond motifs is 1. The summed E-state index contributed by atoms with van der Waals surface area (Å²) in [7, 11) is 0. The molecular weight excluding hydrogens is 244 g/mol. The van der Waals surface area contributed by atoms with Crippen LogP contribution in [-0.2, 0) is 0 Å². The van der Waals surface area contributed by atoms with Gasteiger partial charge < -0.3 is 10.7 Å². The van der Waals surface area contributed by atoms with Crippen LogP contribution < -0.4 is 5.73 Å². The lowest BCUT2D eigenvalue weighted by atomic mass is 9.96. The SMILES string of the molecule is Cc1[nH]c2ccccc2c1[C@H](N)CCC(C)C.Cl. The predicted molar refractivity (Wildman–Crippen MR) is 81.3 cm³/mol. The molecule has 2 nitrogen and oxygen atoms in total. The van der Waals surface area contributed by atoms with E-state index in [0.29, 0.717) is 5.92 Å². The van der Waals surface area contributed by atoms with E-state index in [1.807, 2.05) is 0 Å². The van der Waals surface area contributed by atoms with Crippen molar-refractivity contribution in [1.82, 2.24) is 4.98 Å². The first kappa shape index (κ1) is 15.1. The molecule has 0 aliphatic rings. The van der Waals surface area contributed by atoms with E-state index in [0.717, 1.165) is 6.42 Å². The van der Waals surface area contributed by atoms with Crippen LogP contribution in [0.1, 0.15) is 44.0 Å². The van der Waals surface area contributed by atoms with Gasteiger partial charge in [0, 0.05) is 22.6 Å². The number of nitrogens with two attached hydrogens (primary N) is 1. The maximum absolute atomic E-state index is 6.33. The summed E-state index contributed by atoms with van der Waals surface area (Å²) in [6.07, 6.45) is 2.24. The van der Waals surface area contributed by atoms with Crippen molar-refractivity contribution in [3.05, 3.63) is 35.5 Å². The van der Waals surface area contributed by atoms with Crippen molar-refractivity contribution in [3.63, 3.8) is 0 Å².